The topological polar surface area (TPSA) is 112 Å². The number of halogens is 3. The van der Waals surface area contributed by atoms with Gasteiger partial charge in [0.15, 0.2) is 5.69 Å². The fourth-order valence-electron chi connectivity index (χ4n) is 2.99. The van der Waals surface area contributed by atoms with Crippen molar-refractivity contribution in [3.8, 4) is 5.69 Å². The van der Waals surface area contributed by atoms with Crippen molar-refractivity contribution in [2.75, 3.05) is 0 Å². The van der Waals surface area contributed by atoms with Crippen LogP contribution in [0.5, 0.6) is 0 Å². The van der Waals surface area contributed by atoms with E-state index in [2.05, 4.69) is 21.4 Å². The molecule has 0 unspecified atom stereocenters. The Balaban J connectivity index is 0.000000170. The van der Waals surface area contributed by atoms with Crippen LogP contribution in [0.2, 0.25) is 0 Å². The van der Waals surface area contributed by atoms with Gasteiger partial charge in [-0.1, -0.05) is 0 Å². The van der Waals surface area contributed by atoms with Gasteiger partial charge in [0.1, 0.15) is 5.69 Å². The number of H-pyrrole nitrogens is 1. The molecule has 0 aliphatic heterocycles. The molecule has 11 heteroatoms. The number of carbonyl (C=O) groups excluding carboxylic acids is 1. The molecule has 1 amide bonds. The van der Waals surface area contributed by atoms with Gasteiger partial charge in [0, 0.05) is 31.6 Å². The molecule has 0 saturated heterocycles. The number of aromatic nitrogens is 5. The number of amides is 1. The number of alkyl halides is 3. The maximum absolute atomic E-state index is 12.0. The number of fused-ring (bicyclic) bond motifs is 1. The lowest BCUT2D eigenvalue weighted by Gasteiger charge is -2.06. The number of aromatic amines is 1. The van der Waals surface area contributed by atoms with Gasteiger partial charge in [-0.25, -0.2) is 4.68 Å². The molecule has 8 nitrogen and oxygen atoms in total. The first-order chi connectivity index (χ1) is 13.6. The fourth-order valence-corrected chi connectivity index (χ4v) is 2.99. The van der Waals surface area contributed by atoms with Crippen molar-refractivity contribution in [2.24, 2.45) is 12.8 Å². The van der Waals surface area contributed by atoms with E-state index in [4.69, 9.17) is 5.73 Å². The van der Waals surface area contributed by atoms with Crippen molar-refractivity contribution in [3.63, 3.8) is 0 Å². The Morgan fingerprint density at radius 2 is 1.93 bits per heavy atom. The average Bonchev–Trinajstić information content (AvgIpc) is 3.26. The second-order valence-electron chi connectivity index (χ2n) is 6.56. The third-order valence-corrected chi connectivity index (χ3v) is 4.44. The molecule has 154 valence electrons. The highest BCUT2D eigenvalue weighted by molar-refractivity contribution is 5.91. The van der Waals surface area contributed by atoms with E-state index in [0.717, 1.165) is 23.2 Å². The summed E-state index contributed by atoms with van der Waals surface area (Å²) in [6.45, 7) is 0. The lowest BCUT2D eigenvalue weighted by molar-refractivity contribution is -0.141. The summed E-state index contributed by atoms with van der Waals surface area (Å²) in [5.74, 6) is -0.939. The second kappa shape index (κ2) is 7.94. The van der Waals surface area contributed by atoms with Gasteiger partial charge >= 0.3 is 6.18 Å². The molecule has 3 aromatic rings. The number of hydrogen-bond donors (Lipinski definition) is 2. The zero-order valence-electron chi connectivity index (χ0n) is 15.5. The summed E-state index contributed by atoms with van der Waals surface area (Å²) in [5.41, 5.74) is 6.79. The van der Waals surface area contributed by atoms with Gasteiger partial charge in [-0.2, -0.15) is 23.4 Å². The van der Waals surface area contributed by atoms with Crippen LogP contribution in [0.15, 0.2) is 35.4 Å². The Bertz CT molecular complexity index is 1040. The number of nitrogens with zero attached hydrogens (tertiary/aromatic N) is 4. The molecule has 29 heavy (non-hydrogen) atoms. The van der Waals surface area contributed by atoms with E-state index in [1.165, 1.54) is 37.2 Å². The van der Waals surface area contributed by atoms with Crippen LogP contribution in [-0.4, -0.2) is 30.5 Å². The average molecular weight is 408 g/mol. The van der Waals surface area contributed by atoms with Gasteiger partial charge < -0.3 is 10.7 Å². The Morgan fingerprint density at radius 1 is 1.21 bits per heavy atom. The first kappa shape index (κ1) is 20.4. The summed E-state index contributed by atoms with van der Waals surface area (Å²) < 4.78 is 38.7. The van der Waals surface area contributed by atoms with Gasteiger partial charge in [-0.3, -0.25) is 14.3 Å². The van der Waals surface area contributed by atoms with E-state index >= 15 is 0 Å². The Hall–Kier alpha value is -3.37. The van der Waals surface area contributed by atoms with Crippen LogP contribution in [0.3, 0.4) is 0 Å². The highest BCUT2D eigenvalue weighted by atomic mass is 19.4. The van der Waals surface area contributed by atoms with Gasteiger partial charge in [0.05, 0.1) is 11.4 Å². The Kier molecular flexibility index (Phi) is 5.57. The number of nitrogens with one attached hydrogen (secondary N) is 1. The van der Waals surface area contributed by atoms with Gasteiger partial charge in [-0.15, -0.1) is 0 Å². The molecular weight excluding hydrogens is 389 g/mol. The van der Waals surface area contributed by atoms with E-state index < -0.39 is 17.8 Å². The Morgan fingerprint density at radius 3 is 2.45 bits per heavy atom. The third kappa shape index (κ3) is 4.73. The summed E-state index contributed by atoms with van der Waals surface area (Å²) in [6.07, 6.45) is 3.90. The minimum absolute atomic E-state index is 0.0827. The Labute approximate surface area is 163 Å². The first-order valence-corrected chi connectivity index (χ1v) is 8.82. The summed E-state index contributed by atoms with van der Waals surface area (Å²) in [4.78, 5) is 24.2. The predicted molar refractivity (Wildman–Crippen MR) is 97.6 cm³/mol. The minimum Gasteiger partial charge on any atom is -0.364 e. The number of nitrogens with two attached hydrogens (primary N) is 1. The SMILES string of the molecule is Cn1nc(C(F)(F)F)cc1C(N)=O.O=c1ccc(-n2cc3c(n2)CCCC3)c[nH]1. The van der Waals surface area contributed by atoms with Crippen molar-refractivity contribution in [3.05, 3.63) is 63.6 Å². The molecule has 0 atom stereocenters. The van der Waals surface area contributed by atoms with Crippen LogP contribution < -0.4 is 11.3 Å². The zero-order valence-corrected chi connectivity index (χ0v) is 15.5. The van der Waals surface area contributed by atoms with Crippen LogP contribution in [0.25, 0.3) is 5.69 Å². The number of rotatable bonds is 2. The van der Waals surface area contributed by atoms with Gasteiger partial charge in [-0.05, 0) is 37.3 Å². The van der Waals surface area contributed by atoms with Gasteiger partial charge in [0.2, 0.25) is 5.56 Å². The maximum atomic E-state index is 12.0. The molecule has 0 saturated carbocycles. The molecule has 3 aromatic heterocycles. The molecule has 1 aliphatic carbocycles. The van der Waals surface area contributed by atoms with Crippen molar-refractivity contribution in [1.29, 1.82) is 0 Å². The normalized spacial score (nSPS) is 13.4. The van der Waals surface area contributed by atoms with E-state index in [1.807, 2.05) is 4.68 Å². The minimum atomic E-state index is -4.55. The van der Waals surface area contributed by atoms with Crippen LogP contribution >= 0.6 is 0 Å². The van der Waals surface area contributed by atoms with Crippen molar-refractivity contribution in [2.45, 2.75) is 31.9 Å². The lowest BCUT2D eigenvalue weighted by Crippen LogP contribution is -2.15. The molecule has 1 aliphatic rings. The molecule has 3 heterocycles. The molecular formula is C18H19F3N6O2. The van der Waals surface area contributed by atoms with Crippen LogP contribution in [0.1, 0.15) is 40.3 Å². The van der Waals surface area contributed by atoms with E-state index in [0.29, 0.717) is 6.07 Å². The maximum Gasteiger partial charge on any atom is 0.435 e. The summed E-state index contributed by atoms with van der Waals surface area (Å²) in [7, 11) is 1.22. The number of carbonyl (C=O) groups is 1. The van der Waals surface area contributed by atoms with Crippen LogP contribution in [0.4, 0.5) is 13.2 Å². The summed E-state index contributed by atoms with van der Waals surface area (Å²) in [5, 5.41) is 7.64. The predicted octanol–water partition coefficient (Wildman–Crippen LogP) is 1.98. The molecule has 0 aromatic carbocycles. The van der Waals surface area contributed by atoms with Crippen molar-refractivity contribution < 1.29 is 18.0 Å². The van der Waals surface area contributed by atoms with Crippen molar-refractivity contribution in [1.82, 2.24) is 24.5 Å². The van der Waals surface area contributed by atoms with E-state index in [9.17, 15) is 22.8 Å². The van der Waals surface area contributed by atoms with Crippen LogP contribution in [-0.2, 0) is 26.1 Å². The monoisotopic (exact) mass is 408 g/mol. The molecule has 0 bridgehead atoms. The van der Waals surface area contributed by atoms with Gasteiger partial charge in [0.25, 0.3) is 5.91 Å². The molecule has 0 spiro atoms. The number of hydrogen-bond acceptors (Lipinski definition) is 4. The number of pyridine rings is 1. The zero-order chi connectivity index (χ0) is 21.2. The standard InChI is InChI=1S/C12H13N3O.C6H6F3N3O/c16-12-6-5-10(7-13-12)15-8-9-3-1-2-4-11(9)14-15;1-12-3(5(10)13)2-4(11-12)6(7,8)9/h5-8H,1-4H2,(H,13,16);2H,1H3,(H2,10,13). The first-order valence-electron chi connectivity index (χ1n) is 8.82. The highest BCUT2D eigenvalue weighted by Gasteiger charge is 2.35. The lowest BCUT2D eigenvalue weighted by atomic mass is 9.99. The third-order valence-electron chi connectivity index (χ3n) is 4.44. The van der Waals surface area contributed by atoms with Crippen molar-refractivity contribution >= 4 is 5.91 Å². The molecule has 3 N–H and O–H groups in total. The van der Waals surface area contributed by atoms with Crippen LogP contribution in [0, 0.1) is 0 Å². The number of aryl methyl sites for hydroxylation is 3. The summed E-state index contributed by atoms with van der Waals surface area (Å²) >= 11 is 0. The smallest absolute Gasteiger partial charge is 0.364 e. The summed E-state index contributed by atoms with van der Waals surface area (Å²) in [6, 6.07) is 3.93. The van der Waals surface area contributed by atoms with E-state index in [1.54, 1.807) is 12.3 Å². The quantitative estimate of drug-likeness (QED) is 0.675. The fraction of sp³-hybridized carbons (Fsp3) is 0.333. The van der Waals surface area contributed by atoms with E-state index in [-0.39, 0.29) is 11.3 Å². The molecule has 0 radical (unpaired) electrons. The largest absolute Gasteiger partial charge is 0.435 e. The number of primary amides is 1. The molecule has 4 rings (SSSR count). The second-order valence-corrected chi connectivity index (χ2v) is 6.56. The highest BCUT2D eigenvalue weighted by Crippen LogP contribution is 2.28. The molecule has 0 fully saturated rings.